The summed E-state index contributed by atoms with van der Waals surface area (Å²) in [5, 5.41) is 8.17. The van der Waals surface area contributed by atoms with Gasteiger partial charge in [-0.1, -0.05) is 0 Å². The highest BCUT2D eigenvalue weighted by Gasteiger charge is 2.06. The number of rotatable bonds is 8. The second-order valence-corrected chi connectivity index (χ2v) is 5.59. The Bertz CT molecular complexity index is 755. The first kappa shape index (κ1) is 20.1. The van der Waals surface area contributed by atoms with E-state index in [-0.39, 0.29) is 18.5 Å². The van der Waals surface area contributed by atoms with E-state index in [1.54, 1.807) is 44.6 Å². The van der Waals surface area contributed by atoms with Crippen LogP contribution in [-0.4, -0.2) is 39.9 Å². The van der Waals surface area contributed by atoms with Gasteiger partial charge in [0.05, 0.1) is 14.2 Å². The minimum Gasteiger partial charge on any atom is -0.497 e. The molecule has 0 atom stereocenters. The third-order valence-electron chi connectivity index (χ3n) is 3.57. The van der Waals surface area contributed by atoms with Gasteiger partial charge in [-0.25, -0.2) is 4.79 Å². The van der Waals surface area contributed by atoms with E-state index in [0.717, 1.165) is 5.56 Å². The van der Waals surface area contributed by atoms with Crippen LogP contribution >= 0.6 is 0 Å². The van der Waals surface area contributed by atoms with Crippen LogP contribution < -0.4 is 25.4 Å². The first-order chi connectivity index (χ1) is 13.0. The molecule has 3 N–H and O–H groups in total. The molecule has 0 aromatic heterocycles. The minimum atomic E-state index is -0.354. The molecule has 8 heteroatoms. The molecule has 0 unspecified atom stereocenters. The van der Waals surface area contributed by atoms with E-state index in [0.29, 0.717) is 29.4 Å². The average molecular weight is 373 g/mol. The average Bonchev–Trinajstić information content (AvgIpc) is 2.67. The molecule has 0 saturated heterocycles. The summed E-state index contributed by atoms with van der Waals surface area (Å²) in [6.07, 6.45) is 0. The Hall–Kier alpha value is -3.26. The molecule has 2 aromatic carbocycles. The second kappa shape index (κ2) is 10.0. The third-order valence-corrected chi connectivity index (χ3v) is 3.57. The lowest BCUT2D eigenvalue weighted by molar-refractivity contribution is -0.119. The first-order valence-electron chi connectivity index (χ1n) is 8.19. The Morgan fingerprint density at radius 3 is 1.93 bits per heavy atom. The smallest absolute Gasteiger partial charge is 0.319 e. The molecule has 0 radical (unpaired) electrons. The number of ether oxygens (including phenoxy) is 3. The van der Waals surface area contributed by atoms with Gasteiger partial charge in [-0.3, -0.25) is 4.79 Å². The molecule has 0 aliphatic heterocycles. The highest BCUT2D eigenvalue weighted by atomic mass is 16.5. The lowest BCUT2D eigenvalue weighted by Crippen LogP contribution is -2.28. The van der Waals surface area contributed by atoms with Crippen LogP contribution in [0.1, 0.15) is 5.56 Å². The van der Waals surface area contributed by atoms with Gasteiger partial charge in [0.15, 0.2) is 0 Å². The molecule has 0 aliphatic carbocycles. The van der Waals surface area contributed by atoms with Crippen molar-refractivity contribution in [3.63, 3.8) is 0 Å². The SMILES string of the molecule is COCC(=O)Nc1ccc(NC(=O)NCc2cc(OC)cc(OC)c2)cc1. The molecule has 0 saturated carbocycles. The fraction of sp³-hybridized carbons (Fsp3) is 0.263. The fourth-order valence-corrected chi connectivity index (χ4v) is 2.29. The number of benzene rings is 2. The van der Waals surface area contributed by atoms with Gasteiger partial charge in [0.1, 0.15) is 18.1 Å². The van der Waals surface area contributed by atoms with Crippen molar-refractivity contribution in [2.24, 2.45) is 0 Å². The van der Waals surface area contributed by atoms with Crippen LogP contribution in [0.2, 0.25) is 0 Å². The number of hydrogen-bond donors (Lipinski definition) is 3. The van der Waals surface area contributed by atoms with Crippen molar-refractivity contribution >= 4 is 23.3 Å². The molecule has 0 spiro atoms. The van der Waals surface area contributed by atoms with Gasteiger partial charge in [0.2, 0.25) is 5.91 Å². The van der Waals surface area contributed by atoms with Gasteiger partial charge in [-0.05, 0) is 42.0 Å². The van der Waals surface area contributed by atoms with Crippen LogP contribution in [0.25, 0.3) is 0 Å². The Morgan fingerprint density at radius 1 is 0.852 bits per heavy atom. The maximum Gasteiger partial charge on any atom is 0.319 e. The number of methoxy groups -OCH3 is 3. The van der Waals surface area contributed by atoms with Crippen LogP contribution in [-0.2, 0) is 16.1 Å². The summed E-state index contributed by atoms with van der Waals surface area (Å²) < 4.78 is 15.2. The Kier molecular flexibility index (Phi) is 7.45. The van der Waals surface area contributed by atoms with Crippen molar-refractivity contribution in [2.45, 2.75) is 6.54 Å². The van der Waals surface area contributed by atoms with Crippen LogP contribution in [0.4, 0.5) is 16.2 Å². The molecule has 144 valence electrons. The molecule has 0 bridgehead atoms. The Labute approximate surface area is 157 Å². The summed E-state index contributed by atoms with van der Waals surface area (Å²) in [5.41, 5.74) is 2.06. The molecular formula is C19H23N3O5. The monoisotopic (exact) mass is 373 g/mol. The summed E-state index contributed by atoms with van der Waals surface area (Å²) in [7, 11) is 4.59. The third kappa shape index (κ3) is 6.52. The van der Waals surface area contributed by atoms with Crippen LogP contribution in [0.15, 0.2) is 42.5 Å². The number of amides is 3. The zero-order valence-corrected chi connectivity index (χ0v) is 15.5. The summed E-state index contributed by atoms with van der Waals surface area (Å²) in [4.78, 5) is 23.5. The van der Waals surface area contributed by atoms with Crippen molar-refractivity contribution in [3.05, 3.63) is 48.0 Å². The zero-order valence-electron chi connectivity index (χ0n) is 15.5. The summed E-state index contributed by atoms with van der Waals surface area (Å²) in [6, 6.07) is 11.8. The van der Waals surface area contributed by atoms with E-state index in [1.165, 1.54) is 7.11 Å². The van der Waals surface area contributed by atoms with Crippen LogP contribution in [0.5, 0.6) is 11.5 Å². The predicted molar refractivity (Wildman–Crippen MR) is 102 cm³/mol. The van der Waals surface area contributed by atoms with Crippen molar-refractivity contribution in [1.82, 2.24) is 5.32 Å². The number of urea groups is 1. The van der Waals surface area contributed by atoms with Gasteiger partial charge in [-0.2, -0.15) is 0 Å². The van der Waals surface area contributed by atoms with E-state index in [1.807, 2.05) is 12.1 Å². The molecule has 2 aromatic rings. The molecule has 0 heterocycles. The van der Waals surface area contributed by atoms with E-state index < -0.39 is 0 Å². The number of carbonyl (C=O) groups is 2. The van der Waals surface area contributed by atoms with E-state index >= 15 is 0 Å². The normalized spacial score (nSPS) is 10.0. The molecule has 8 nitrogen and oxygen atoms in total. The van der Waals surface area contributed by atoms with Crippen LogP contribution in [0.3, 0.4) is 0 Å². The number of hydrogen-bond acceptors (Lipinski definition) is 5. The lowest BCUT2D eigenvalue weighted by Gasteiger charge is -2.11. The second-order valence-electron chi connectivity index (χ2n) is 5.59. The largest absolute Gasteiger partial charge is 0.497 e. The number of nitrogens with one attached hydrogen (secondary N) is 3. The zero-order chi connectivity index (χ0) is 19.6. The van der Waals surface area contributed by atoms with E-state index in [2.05, 4.69) is 16.0 Å². The van der Waals surface area contributed by atoms with Gasteiger partial charge in [0.25, 0.3) is 0 Å². The van der Waals surface area contributed by atoms with Gasteiger partial charge in [-0.15, -0.1) is 0 Å². The maximum absolute atomic E-state index is 12.1. The van der Waals surface area contributed by atoms with Gasteiger partial charge in [0, 0.05) is 31.1 Å². The Balaban J connectivity index is 1.88. The molecule has 0 fully saturated rings. The maximum atomic E-state index is 12.1. The quantitative estimate of drug-likeness (QED) is 0.661. The Morgan fingerprint density at radius 2 is 1.41 bits per heavy atom. The molecule has 27 heavy (non-hydrogen) atoms. The van der Waals surface area contributed by atoms with Gasteiger partial charge >= 0.3 is 6.03 Å². The van der Waals surface area contributed by atoms with E-state index in [9.17, 15) is 9.59 Å². The van der Waals surface area contributed by atoms with Crippen molar-refractivity contribution in [2.75, 3.05) is 38.6 Å². The van der Waals surface area contributed by atoms with Crippen LogP contribution in [0, 0.1) is 0 Å². The topological polar surface area (TPSA) is 97.9 Å². The fourth-order valence-electron chi connectivity index (χ4n) is 2.29. The molecule has 0 aliphatic rings. The first-order valence-corrected chi connectivity index (χ1v) is 8.19. The van der Waals surface area contributed by atoms with Gasteiger partial charge < -0.3 is 30.2 Å². The molecule has 3 amide bonds. The number of carbonyl (C=O) groups excluding carboxylic acids is 2. The predicted octanol–water partition coefficient (Wildman–Crippen LogP) is 2.61. The highest BCUT2D eigenvalue weighted by molar-refractivity contribution is 5.93. The minimum absolute atomic E-state index is 0.0164. The van der Waals surface area contributed by atoms with Crippen molar-refractivity contribution in [3.8, 4) is 11.5 Å². The van der Waals surface area contributed by atoms with Crippen molar-refractivity contribution in [1.29, 1.82) is 0 Å². The number of anilines is 2. The van der Waals surface area contributed by atoms with Crippen molar-refractivity contribution < 1.29 is 23.8 Å². The molecular weight excluding hydrogens is 350 g/mol. The van der Waals surface area contributed by atoms with E-state index in [4.69, 9.17) is 14.2 Å². The summed E-state index contributed by atoms with van der Waals surface area (Å²) in [6.45, 7) is 0.294. The standard InChI is InChI=1S/C19H23N3O5/c1-25-12-18(23)21-14-4-6-15(7-5-14)22-19(24)20-11-13-8-16(26-2)10-17(9-13)27-3/h4-10H,11-12H2,1-3H3,(H,21,23)(H2,20,22,24). The summed E-state index contributed by atoms with van der Waals surface area (Å²) in [5.74, 6) is 1.06. The molecule has 2 rings (SSSR count). The summed E-state index contributed by atoms with van der Waals surface area (Å²) >= 11 is 0. The highest BCUT2D eigenvalue weighted by Crippen LogP contribution is 2.22. The lowest BCUT2D eigenvalue weighted by atomic mass is 10.2.